The van der Waals surface area contributed by atoms with Crippen LogP contribution in [0.3, 0.4) is 0 Å². The Kier molecular flexibility index (Phi) is 18.6. The summed E-state index contributed by atoms with van der Waals surface area (Å²) >= 11 is 0. The van der Waals surface area contributed by atoms with Gasteiger partial charge in [0.15, 0.2) is 17.9 Å². The van der Waals surface area contributed by atoms with E-state index in [2.05, 4.69) is 31.9 Å². The number of unbranched alkanes of at least 4 members (excludes halogenated alkanes) is 1. The van der Waals surface area contributed by atoms with Crippen molar-refractivity contribution in [3.63, 3.8) is 0 Å². The minimum Gasteiger partial charge on any atom is -0.370 e. The van der Waals surface area contributed by atoms with Crippen LogP contribution < -0.4 is 54.8 Å². The normalized spacial score (nSPS) is 12.6. The van der Waals surface area contributed by atoms with Gasteiger partial charge >= 0.3 is 0 Å². The second-order valence-corrected chi connectivity index (χ2v) is 8.78. The van der Waals surface area contributed by atoms with Crippen molar-refractivity contribution < 1.29 is 19.2 Å². The fraction of sp³-hybridized carbons (Fsp3) is 0.682. The van der Waals surface area contributed by atoms with Gasteiger partial charge in [-0.15, -0.1) is 0 Å². The Bertz CT molecular complexity index is 824. The van der Waals surface area contributed by atoms with Gasteiger partial charge in [-0.05, 0) is 44.9 Å². The average molecular weight is 556 g/mol. The SMILES string of the molecule is N=C(N)NCCC[C@@H](N)C(=O)N[C@@H](CCCNC(=N)N)C(=O)N[C@H](CCCNC(=N)N)C(=O)NCCCC=O. The van der Waals surface area contributed by atoms with Gasteiger partial charge in [0.1, 0.15) is 18.4 Å². The predicted molar refractivity (Wildman–Crippen MR) is 148 cm³/mol. The third-order valence-electron chi connectivity index (χ3n) is 5.38. The molecular weight excluding hydrogens is 510 g/mol. The fourth-order valence-corrected chi connectivity index (χ4v) is 3.34. The number of hydrogen-bond acceptors (Lipinski definition) is 8. The summed E-state index contributed by atoms with van der Waals surface area (Å²) in [5, 5.41) is 37.5. The first-order valence-corrected chi connectivity index (χ1v) is 12.8. The average Bonchev–Trinajstić information content (AvgIpc) is 2.87. The molecule has 0 spiro atoms. The lowest BCUT2D eigenvalue weighted by Gasteiger charge is -2.24. The van der Waals surface area contributed by atoms with Crippen LogP contribution in [0.1, 0.15) is 51.4 Å². The molecule has 0 aromatic heterocycles. The molecule has 0 aliphatic heterocycles. The first kappa shape index (κ1) is 34.9. The van der Waals surface area contributed by atoms with Crippen molar-refractivity contribution >= 4 is 41.9 Å². The van der Waals surface area contributed by atoms with E-state index in [1.165, 1.54) is 0 Å². The number of carbonyl (C=O) groups is 4. The van der Waals surface area contributed by atoms with E-state index in [1.807, 2.05) is 0 Å². The molecule has 0 bridgehead atoms. The lowest BCUT2D eigenvalue weighted by atomic mass is 10.1. The van der Waals surface area contributed by atoms with Crippen LogP contribution in [0.25, 0.3) is 0 Å². The highest BCUT2D eigenvalue weighted by atomic mass is 16.2. The molecule has 17 heteroatoms. The van der Waals surface area contributed by atoms with Gasteiger partial charge in [-0.3, -0.25) is 30.6 Å². The Balaban J connectivity index is 5.32. The summed E-state index contributed by atoms with van der Waals surface area (Å²) in [6, 6.07) is -2.88. The molecule has 0 saturated carbocycles. The van der Waals surface area contributed by atoms with Gasteiger partial charge in [0.05, 0.1) is 6.04 Å². The smallest absolute Gasteiger partial charge is 0.243 e. The molecule has 0 aromatic rings. The first-order chi connectivity index (χ1) is 18.5. The number of guanidine groups is 3. The largest absolute Gasteiger partial charge is 0.370 e. The van der Waals surface area contributed by atoms with E-state index in [-0.39, 0.29) is 56.7 Å². The Morgan fingerprint density at radius 2 is 1.03 bits per heavy atom. The molecule has 0 fully saturated rings. The molecule has 0 aromatic carbocycles. The van der Waals surface area contributed by atoms with Crippen LogP contribution in [0, 0.1) is 16.2 Å². The van der Waals surface area contributed by atoms with Crippen LogP contribution in [0.2, 0.25) is 0 Å². The van der Waals surface area contributed by atoms with Crippen molar-refractivity contribution in [3.8, 4) is 0 Å². The Labute approximate surface area is 228 Å². The molecule has 0 aliphatic rings. The van der Waals surface area contributed by atoms with Crippen molar-refractivity contribution in [1.82, 2.24) is 31.9 Å². The molecule has 0 rings (SSSR count). The van der Waals surface area contributed by atoms with Gasteiger partial charge in [-0.25, -0.2) is 0 Å². The molecule has 17 nitrogen and oxygen atoms in total. The fourth-order valence-electron chi connectivity index (χ4n) is 3.34. The molecule has 0 saturated heterocycles. The van der Waals surface area contributed by atoms with Crippen LogP contribution in [0.15, 0.2) is 0 Å². The molecule has 0 unspecified atom stereocenters. The van der Waals surface area contributed by atoms with Gasteiger partial charge in [0.2, 0.25) is 17.7 Å². The number of aldehydes is 1. The zero-order valence-corrected chi connectivity index (χ0v) is 22.2. The highest BCUT2D eigenvalue weighted by molar-refractivity contribution is 5.93. The van der Waals surface area contributed by atoms with E-state index in [0.717, 1.165) is 6.29 Å². The first-order valence-electron chi connectivity index (χ1n) is 12.8. The standard InChI is InChI=1S/C22H45N13O4/c23-14(6-3-10-31-20(24)25)17(37)34-16(8-5-12-33-22(28)29)19(39)35-15(7-4-11-32-21(26)27)18(38)30-9-1-2-13-36/h13-16H,1-12,23H2,(H,30,38)(H,34,37)(H,35,39)(H4,24,25,31)(H4,26,27,32)(H4,28,29,33)/t14-,15-,16+/m1/s1. The van der Waals surface area contributed by atoms with Crippen LogP contribution in [0.4, 0.5) is 0 Å². The van der Waals surface area contributed by atoms with Gasteiger partial charge in [0, 0.05) is 32.6 Å². The highest BCUT2D eigenvalue weighted by Gasteiger charge is 2.27. The van der Waals surface area contributed by atoms with E-state index < -0.39 is 35.8 Å². The number of nitrogens with one attached hydrogen (secondary N) is 9. The maximum atomic E-state index is 13.2. The summed E-state index contributed by atoms with van der Waals surface area (Å²) < 4.78 is 0. The second kappa shape index (κ2) is 20.9. The maximum absolute atomic E-state index is 13.2. The number of rotatable bonds is 21. The van der Waals surface area contributed by atoms with E-state index >= 15 is 0 Å². The molecule has 0 aliphatic carbocycles. The van der Waals surface area contributed by atoms with Crippen molar-refractivity contribution in [2.75, 3.05) is 26.2 Å². The van der Waals surface area contributed by atoms with E-state index in [1.54, 1.807) is 0 Å². The molecule has 0 radical (unpaired) electrons. The summed E-state index contributed by atoms with van der Waals surface area (Å²) in [7, 11) is 0. The maximum Gasteiger partial charge on any atom is 0.243 e. The van der Waals surface area contributed by atoms with Gasteiger partial charge < -0.3 is 59.6 Å². The third-order valence-corrected chi connectivity index (χ3v) is 5.38. The summed E-state index contributed by atoms with van der Waals surface area (Å²) in [4.78, 5) is 49.2. The van der Waals surface area contributed by atoms with Crippen LogP contribution in [-0.2, 0) is 19.2 Å². The molecule has 3 atom stereocenters. The van der Waals surface area contributed by atoms with E-state index in [4.69, 9.17) is 39.2 Å². The zero-order chi connectivity index (χ0) is 29.6. The monoisotopic (exact) mass is 555 g/mol. The van der Waals surface area contributed by atoms with Gasteiger partial charge in [-0.1, -0.05) is 0 Å². The Morgan fingerprint density at radius 1 is 0.615 bits per heavy atom. The number of carbonyl (C=O) groups excluding carboxylic acids is 4. The lowest BCUT2D eigenvalue weighted by Crippen LogP contribution is -2.56. The number of hydrogen-bond donors (Lipinski definition) is 13. The minimum atomic E-state index is -1.02. The van der Waals surface area contributed by atoms with Crippen LogP contribution in [0.5, 0.6) is 0 Å². The van der Waals surface area contributed by atoms with Crippen LogP contribution >= 0.6 is 0 Å². The molecule has 3 amide bonds. The van der Waals surface area contributed by atoms with E-state index in [0.29, 0.717) is 38.8 Å². The van der Waals surface area contributed by atoms with Gasteiger partial charge in [0.25, 0.3) is 0 Å². The van der Waals surface area contributed by atoms with Crippen molar-refractivity contribution in [3.05, 3.63) is 0 Å². The lowest BCUT2D eigenvalue weighted by molar-refractivity contribution is -0.132. The molecular formula is C22H45N13O4. The number of amides is 3. The van der Waals surface area contributed by atoms with Crippen LogP contribution in [-0.4, -0.2) is 86.2 Å². The topological polar surface area (TPSA) is 316 Å². The molecule has 0 heterocycles. The predicted octanol–water partition coefficient (Wildman–Crippen LogP) is -3.83. The van der Waals surface area contributed by atoms with E-state index in [9.17, 15) is 19.2 Å². The zero-order valence-electron chi connectivity index (χ0n) is 22.2. The second-order valence-electron chi connectivity index (χ2n) is 8.78. The molecule has 39 heavy (non-hydrogen) atoms. The summed E-state index contributed by atoms with van der Waals surface area (Å²) in [5.41, 5.74) is 21.8. The van der Waals surface area contributed by atoms with Crippen molar-refractivity contribution in [1.29, 1.82) is 16.2 Å². The highest BCUT2D eigenvalue weighted by Crippen LogP contribution is 2.04. The summed E-state index contributed by atoms with van der Waals surface area (Å²) in [5.74, 6) is -2.24. The van der Waals surface area contributed by atoms with Crippen molar-refractivity contribution in [2.45, 2.75) is 69.5 Å². The number of nitrogens with two attached hydrogens (primary N) is 4. The third kappa shape index (κ3) is 18.7. The summed E-state index contributed by atoms with van der Waals surface area (Å²) in [6.07, 6.45) is 3.41. The Morgan fingerprint density at radius 3 is 1.49 bits per heavy atom. The molecule has 17 N–H and O–H groups in total. The minimum absolute atomic E-state index is 0.177. The summed E-state index contributed by atoms with van der Waals surface area (Å²) in [6.45, 7) is 1.21. The Hall–Kier alpha value is -4.15. The van der Waals surface area contributed by atoms with Crippen molar-refractivity contribution in [2.24, 2.45) is 22.9 Å². The van der Waals surface area contributed by atoms with Gasteiger partial charge in [-0.2, -0.15) is 0 Å². The molecule has 222 valence electrons. The quantitative estimate of drug-likeness (QED) is 0.0281.